The van der Waals surface area contributed by atoms with E-state index in [0.717, 1.165) is 11.3 Å². The van der Waals surface area contributed by atoms with Gasteiger partial charge < -0.3 is 4.74 Å². The lowest BCUT2D eigenvalue weighted by Gasteiger charge is -2.10. The fourth-order valence-corrected chi connectivity index (χ4v) is 3.72. The Bertz CT molecular complexity index is 726. The second-order valence-electron chi connectivity index (χ2n) is 4.63. The second kappa shape index (κ2) is 7.33. The maximum atomic E-state index is 12.1. The van der Waals surface area contributed by atoms with Crippen molar-refractivity contribution in [1.29, 1.82) is 0 Å². The minimum Gasteiger partial charge on any atom is -0.497 e. The van der Waals surface area contributed by atoms with Crippen LogP contribution in [-0.2, 0) is 22.3 Å². The third-order valence-corrected chi connectivity index (χ3v) is 5.01. The van der Waals surface area contributed by atoms with E-state index < -0.39 is 10.0 Å². The zero-order valence-electron chi connectivity index (χ0n) is 11.8. The molecule has 22 heavy (non-hydrogen) atoms. The van der Waals surface area contributed by atoms with Gasteiger partial charge in [-0.15, -0.1) is 0 Å². The third-order valence-electron chi connectivity index (χ3n) is 3.05. The predicted octanol–water partition coefficient (Wildman–Crippen LogP) is 3.62. The molecule has 1 N–H and O–H groups in total. The number of halogens is 2. The van der Waals surface area contributed by atoms with E-state index in [-0.39, 0.29) is 12.3 Å². The molecular formula is C15H15Cl2NO3S. The van der Waals surface area contributed by atoms with Crippen molar-refractivity contribution >= 4 is 33.2 Å². The average Bonchev–Trinajstić information content (AvgIpc) is 2.50. The van der Waals surface area contributed by atoms with E-state index in [1.54, 1.807) is 49.6 Å². The molecule has 0 radical (unpaired) electrons. The number of sulfonamides is 1. The van der Waals surface area contributed by atoms with Crippen LogP contribution in [0.2, 0.25) is 10.0 Å². The number of methoxy groups -OCH3 is 1. The van der Waals surface area contributed by atoms with Crippen LogP contribution in [0.4, 0.5) is 0 Å². The number of hydrogen-bond acceptors (Lipinski definition) is 3. The molecule has 2 aromatic rings. The molecule has 0 bridgehead atoms. The highest BCUT2D eigenvalue weighted by atomic mass is 35.5. The van der Waals surface area contributed by atoms with Gasteiger partial charge in [-0.3, -0.25) is 0 Å². The molecule has 118 valence electrons. The summed E-state index contributed by atoms with van der Waals surface area (Å²) < 4.78 is 31.9. The minimum absolute atomic E-state index is 0.189. The van der Waals surface area contributed by atoms with Crippen LogP contribution in [0.25, 0.3) is 0 Å². The maximum Gasteiger partial charge on any atom is 0.216 e. The van der Waals surface area contributed by atoms with E-state index in [2.05, 4.69) is 4.72 Å². The van der Waals surface area contributed by atoms with Crippen molar-refractivity contribution in [3.8, 4) is 5.75 Å². The zero-order chi connectivity index (χ0) is 16.2. The number of rotatable bonds is 6. The number of benzene rings is 2. The summed E-state index contributed by atoms with van der Waals surface area (Å²) in [5, 5.41) is 0.671. The van der Waals surface area contributed by atoms with E-state index in [4.69, 9.17) is 27.9 Å². The zero-order valence-corrected chi connectivity index (χ0v) is 14.2. The summed E-state index contributed by atoms with van der Waals surface area (Å²) in [6.45, 7) is 0.189. The number of nitrogens with one attached hydrogen (secondary N) is 1. The van der Waals surface area contributed by atoms with Gasteiger partial charge in [-0.2, -0.15) is 0 Å². The summed E-state index contributed by atoms with van der Waals surface area (Å²) >= 11 is 12.0. The summed E-state index contributed by atoms with van der Waals surface area (Å²) in [6, 6.07) is 12.0. The first-order valence-corrected chi connectivity index (χ1v) is 8.85. The van der Waals surface area contributed by atoms with Gasteiger partial charge in [0.25, 0.3) is 0 Å². The lowest BCUT2D eigenvalue weighted by atomic mass is 10.2. The van der Waals surface area contributed by atoms with Crippen LogP contribution < -0.4 is 9.46 Å². The van der Waals surface area contributed by atoms with Crippen LogP contribution in [0, 0.1) is 0 Å². The Hall–Kier alpha value is -1.27. The Labute approximate surface area is 140 Å². The van der Waals surface area contributed by atoms with Gasteiger partial charge in [0.2, 0.25) is 10.0 Å². The molecule has 0 unspecified atom stereocenters. The summed E-state index contributed by atoms with van der Waals surface area (Å²) in [4.78, 5) is 0. The maximum absolute atomic E-state index is 12.1. The quantitative estimate of drug-likeness (QED) is 0.856. The highest BCUT2D eigenvalue weighted by Gasteiger charge is 2.16. The topological polar surface area (TPSA) is 55.4 Å². The number of ether oxygens (including phenoxy) is 1. The van der Waals surface area contributed by atoms with Gasteiger partial charge in [0, 0.05) is 22.2 Å². The Morgan fingerprint density at radius 3 is 2.18 bits per heavy atom. The van der Waals surface area contributed by atoms with Crippen LogP contribution in [-0.4, -0.2) is 15.5 Å². The van der Waals surface area contributed by atoms with E-state index >= 15 is 0 Å². The Morgan fingerprint density at radius 1 is 1.05 bits per heavy atom. The molecule has 0 aliphatic carbocycles. The van der Waals surface area contributed by atoms with Gasteiger partial charge in [-0.05, 0) is 29.8 Å². The molecule has 0 aliphatic rings. The molecule has 0 atom stereocenters. The SMILES string of the molecule is COc1ccc(CNS(=O)(=O)Cc2c(Cl)cccc2Cl)cc1. The molecule has 0 spiro atoms. The van der Waals surface area contributed by atoms with Crippen LogP contribution >= 0.6 is 23.2 Å². The summed E-state index contributed by atoms with van der Waals surface area (Å²) in [5.41, 5.74) is 1.22. The summed E-state index contributed by atoms with van der Waals surface area (Å²) in [5.74, 6) is 0.455. The lowest BCUT2D eigenvalue weighted by molar-refractivity contribution is 0.414. The van der Waals surface area contributed by atoms with Gasteiger partial charge in [-0.1, -0.05) is 41.4 Å². The molecule has 0 fully saturated rings. The van der Waals surface area contributed by atoms with Crippen LogP contribution in [0.1, 0.15) is 11.1 Å². The van der Waals surface area contributed by atoms with Crippen molar-refractivity contribution in [2.24, 2.45) is 0 Å². The van der Waals surface area contributed by atoms with Crippen molar-refractivity contribution < 1.29 is 13.2 Å². The summed E-state index contributed by atoms with van der Waals surface area (Å²) in [7, 11) is -1.97. The molecule has 0 amide bonds. The van der Waals surface area contributed by atoms with Crippen molar-refractivity contribution in [3.63, 3.8) is 0 Å². The van der Waals surface area contributed by atoms with Crippen LogP contribution in [0.15, 0.2) is 42.5 Å². The highest BCUT2D eigenvalue weighted by Crippen LogP contribution is 2.26. The highest BCUT2D eigenvalue weighted by molar-refractivity contribution is 7.88. The fraction of sp³-hybridized carbons (Fsp3) is 0.200. The molecule has 2 aromatic carbocycles. The molecule has 0 aliphatic heterocycles. The molecule has 2 rings (SSSR count). The van der Waals surface area contributed by atoms with Gasteiger partial charge in [0.15, 0.2) is 0 Å². The van der Waals surface area contributed by atoms with E-state index in [9.17, 15) is 8.42 Å². The molecule has 4 nitrogen and oxygen atoms in total. The van der Waals surface area contributed by atoms with Gasteiger partial charge in [-0.25, -0.2) is 13.1 Å². The molecule has 0 aromatic heterocycles. The van der Waals surface area contributed by atoms with Gasteiger partial charge >= 0.3 is 0 Å². The van der Waals surface area contributed by atoms with E-state index in [0.29, 0.717) is 15.6 Å². The lowest BCUT2D eigenvalue weighted by Crippen LogP contribution is -2.25. The largest absolute Gasteiger partial charge is 0.497 e. The van der Waals surface area contributed by atoms with Crippen molar-refractivity contribution in [2.75, 3.05) is 7.11 Å². The fourth-order valence-electron chi connectivity index (χ4n) is 1.85. The van der Waals surface area contributed by atoms with Crippen LogP contribution in [0.3, 0.4) is 0 Å². The van der Waals surface area contributed by atoms with Crippen molar-refractivity contribution in [2.45, 2.75) is 12.3 Å². The Kier molecular flexibility index (Phi) is 5.69. The Balaban J connectivity index is 2.04. The molecule has 0 heterocycles. The molecule has 0 saturated heterocycles. The normalized spacial score (nSPS) is 11.4. The third kappa shape index (κ3) is 4.61. The molecule has 7 heteroatoms. The van der Waals surface area contributed by atoms with E-state index in [1.807, 2.05) is 0 Å². The van der Waals surface area contributed by atoms with Crippen molar-refractivity contribution in [1.82, 2.24) is 4.72 Å². The number of hydrogen-bond donors (Lipinski definition) is 1. The summed E-state index contributed by atoms with van der Waals surface area (Å²) in [6.07, 6.45) is 0. The second-order valence-corrected chi connectivity index (χ2v) is 7.25. The first-order valence-electron chi connectivity index (χ1n) is 6.44. The van der Waals surface area contributed by atoms with E-state index in [1.165, 1.54) is 0 Å². The monoisotopic (exact) mass is 359 g/mol. The van der Waals surface area contributed by atoms with Crippen molar-refractivity contribution in [3.05, 3.63) is 63.6 Å². The smallest absolute Gasteiger partial charge is 0.216 e. The first kappa shape index (κ1) is 17.1. The first-order chi connectivity index (χ1) is 10.4. The molecular weight excluding hydrogens is 345 g/mol. The molecule has 0 saturated carbocycles. The van der Waals surface area contributed by atoms with Gasteiger partial charge in [0.1, 0.15) is 5.75 Å². The van der Waals surface area contributed by atoms with Gasteiger partial charge in [0.05, 0.1) is 12.9 Å². The average molecular weight is 360 g/mol. The minimum atomic E-state index is -3.54. The van der Waals surface area contributed by atoms with Crippen LogP contribution in [0.5, 0.6) is 5.75 Å². The predicted molar refractivity (Wildman–Crippen MR) is 88.9 cm³/mol. The standard InChI is InChI=1S/C15H15Cl2NO3S/c1-21-12-7-5-11(6-8-12)9-18-22(19,20)10-13-14(16)3-2-4-15(13)17/h2-8,18H,9-10H2,1H3. The Morgan fingerprint density at radius 2 is 1.64 bits per heavy atom.